The maximum Gasteiger partial charge on any atom is 0.227 e. The zero-order valence-electron chi connectivity index (χ0n) is 13.9. The number of anilines is 1. The first-order valence-electron chi connectivity index (χ1n) is 7.87. The van der Waals surface area contributed by atoms with Gasteiger partial charge in [-0.05, 0) is 47.2 Å². The SMILES string of the molecule is Cc1c(I)cnn1CCC(=O)Nc1ccn(Cc2ccc(F)cc2Cl)n1. The van der Waals surface area contributed by atoms with E-state index in [1.165, 1.54) is 12.1 Å². The van der Waals surface area contributed by atoms with E-state index in [-0.39, 0.29) is 11.7 Å². The van der Waals surface area contributed by atoms with Gasteiger partial charge in [0.1, 0.15) is 5.82 Å². The highest BCUT2D eigenvalue weighted by atomic mass is 127. The van der Waals surface area contributed by atoms with Crippen molar-refractivity contribution in [3.05, 3.63) is 62.3 Å². The first kappa shape index (κ1) is 18.8. The van der Waals surface area contributed by atoms with Crippen molar-refractivity contribution in [2.45, 2.75) is 26.4 Å². The van der Waals surface area contributed by atoms with Crippen LogP contribution < -0.4 is 5.32 Å². The zero-order valence-corrected chi connectivity index (χ0v) is 16.8. The number of carbonyl (C=O) groups excluding carboxylic acids is 1. The van der Waals surface area contributed by atoms with Crippen LogP contribution in [0.3, 0.4) is 0 Å². The Bertz CT molecular complexity index is 939. The number of benzene rings is 1. The minimum Gasteiger partial charge on any atom is -0.309 e. The number of halogens is 3. The van der Waals surface area contributed by atoms with Gasteiger partial charge in [0.25, 0.3) is 0 Å². The normalized spacial score (nSPS) is 10.9. The molecule has 1 aromatic carbocycles. The number of amides is 1. The van der Waals surface area contributed by atoms with E-state index in [4.69, 9.17) is 11.6 Å². The number of rotatable bonds is 6. The monoisotopic (exact) mass is 487 g/mol. The molecule has 0 atom stereocenters. The fraction of sp³-hybridized carbons (Fsp3) is 0.235. The van der Waals surface area contributed by atoms with E-state index in [9.17, 15) is 9.18 Å². The lowest BCUT2D eigenvalue weighted by atomic mass is 10.2. The van der Waals surface area contributed by atoms with E-state index >= 15 is 0 Å². The van der Waals surface area contributed by atoms with Gasteiger partial charge in [-0.25, -0.2) is 4.39 Å². The van der Waals surface area contributed by atoms with E-state index in [0.29, 0.717) is 30.4 Å². The Balaban J connectivity index is 1.56. The predicted octanol–water partition coefficient (Wildman–Crippen LogP) is 3.86. The second kappa shape index (κ2) is 8.17. The van der Waals surface area contributed by atoms with E-state index in [2.05, 4.69) is 38.1 Å². The Morgan fingerprint density at radius 3 is 2.88 bits per heavy atom. The van der Waals surface area contributed by atoms with Gasteiger partial charge in [-0.15, -0.1) is 0 Å². The zero-order chi connectivity index (χ0) is 18.7. The van der Waals surface area contributed by atoms with Crippen LogP contribution in [0.2, 0.25) is 5.02 Å². The number of nitrogens with zero attached hydrogens (tertiary/aromatic N) is 4. The molecular formula is C17H16ClFIN5O. The van der Waals surface area contributed by atoms with Gasteiger partial charge < -0.3 is 5.32 Å². The fourth-order valence-corrected chi connectivity index (χ4v) is 3.03. The lowest BCUT2D eigenvalue weighted by Crippen LogP contribution is -2.16. The first-order chi connectivity index (χ1) is 12.4. The van der Waals surface area contributed by atoms with Crippen molar-refractivity contribution in [2.75, 3.05) is 5.32 Å². The summed E-state index contributed by atoms with van der Waals surface area (Å²) in [6.07, 6.45) is 3.81. The van der Waals surface area contributed by atoms with Crippen molar-refractivity contribution in [1.82, 2.24) is 19.6 Å². The maximum absolute atomic E-state index is 13.1. The van der Waals surface area contributed by atoms with Crippen LogP contribution in [0, 0.1) is 16.3 Å². The molecule has 0 spiro atoms. The van der Waals surface area contributed by atoms with Crippen LogP contribution in [-0.2, 0) is 17.9 Å². The first-order valence-corrected chi connectivity index (χ1v) is 9.33. The standard InChI is InChI=1S/C17H16ClFIN5O/c1-11-15(20)9-21-25(11)7-5-17(26)22-16-4-6-24(23-16)10-12-2-3-13(19)8-14(12)18/h2-4,6,8-9H,5,7,10H2,1H3,(H,22,23,26). The van der Waals surface area contributed by atoms with Gasteiger partial charge in [0.05, 0.1) is 22.9 Å². The summed E-state index contributed by atoms with van der Waals surface area (Å²) in [7, 11) is 0. The van der Waals surface area contributed by atoms with Crippen molar-refractivity contribution in [2.24, 2.45) is 0 Å². The molecular weight excluding hydrogens is 472 g/mol. The molecule has 9 heteroatoms. The van der Waals surface area contributed by atoms with Crippen molar-refractivity contribution >= 4 is 45.9 Å². The van der Waals surface area contributed by atoms with E-state index in [0.717, 1.165) is 14.8 Å². The second-order valence-corrected chi connectivity index (χ2v) is 7.30. The van der Waals surface area contributed by atoms with Crippen molar-refractivity contribution in [3.63, 3.8) is 0 Å². The highest BCUT2D eigenvalue weighted by molar-refractivity contribution is 14.1. The Kier molecular flexibility index (Phi) is 5.92. The van der Waals surface area contributed by atoms with Crippen molar-refractivity contribution in [1.29, 1.82) is 0 Å². The maximum atomic E-state index is 13.1. The van der Waals surface area contributed by atoms with Gasteiger partial charge in [-0.3, -0.25) is 14.2 Å². The average molecular weight is 488 g/mol. The molecule has 136 valence electrons. The Morgan fingerprint density at radius 1 is 1.38 bits per heavy atom. The molecule has 26 heavy (non-hydrogen) atoms. The number of aromatic nitrogens is 4. The van der Waals surface area contributed by atoms with E-state index in [1.54, 1.807) is 33.9 Å². The van der Waals surface area contributed by atoms with Gasteiger partial charge in [0.2, 0.25) is 5.91 Å². The van der Waals surface area contributed by atoms with Crippen molar-refractivity contribution < 1.29 is 9.18 Å². The molecule has 2 aromatic heterocycles. The number of hydrogen-bond donors (Lipinski definition) is 1. The molecule has 0 saturated carbocycles. The van der Waals surface area contributed by atoms with Gasteiger partial charge in [-0.1, -0.05) is 17.7 Å². The predicted molar refractivity (Wildman–Crippen MR) is 106 cm³/mol. The van der Waals surface area contributed by atoms with Crippen LogP contribution in [0.5, 0.6) is 0 Å². The quantitative estimate of drug-likeness (QED) is 0.537. The third-order valence-electron chi connectivity index (χ3n) is 3.85. The Morgan fingerprint density at radius 2 is 2.19 bits per heavy atom. The summed E-state index contributed by atoms with van der Waals surface area (Å²) in [6.45, 7) is 2.86. The van der Waals surface area contributed by atoms with Crippen LogP contribution in [0.25, 0.3) is 0 Å². The van der Waals surface area contributed by atoms with Crippen LogP contribution in [0.4, 0.5) is 10.2 Å². The number of carbonyl (C=O) groups is 1. The summed E-state index contributed by atoms with van der Waals surface area (Å²) in [5.74, 6) is -0.0609. The minimum atomic E-state index is -0.380. The Labute approximate surface area is 168 Å². The summed E-state index contributed by atoms with van der Waals surface area (Å²) >= 11 is 8.23. The smallest absolute Gasteiger partial charge is 0.227 e. The van der Waals surface area contributed by atoms with Crippen LogP contribution in [0.15, 0.2) is 36.7 Å². The topological polar surface area (TPSA) is 64.7 Å². The summed E-state index contributed by atoms with van der Waals surface area (Å²) in [4.78, 5) is 12.1. The molecule has 0 radical (unpaired) electrons. The average Bonchev–Trinajstić information content (AvgIpc) is 3.16. The number of hydrogen-bond acceptors (Lipinski definition) is 3. The molecule has 0 fully saturated rings. The largest absolute Gasteiger partial charge is 0.309 e. The lowest BCUT2D eigenvalue weighted by Gasteiger charge is -2.06. The van der Waals surface area contributed by atoms with E-state index < -0.39 is 0 Å². The molecule has 0 bridgehead atoms. The summed E-state index contributed by atoms with van der Waals surface area (Å²) in [5, 5.41) is 11.6. The van der Waals surface area contributed by atoms with E-state index in [1.807, 2.05) is 6.92 Å². The summed E-state index contributed by atoms with van der Waals surface area (Å²) in [5.41, 5.74) is 1.79. The number of aryl methyl sites for hydroxylation is 1. The van der Waals surface area contributed by atoms with Gasteiger partial charge in [-0.2, -0.15) is 10.2 Å². The minimum absolute atomic E-state index is 0.139. The molecule has 0 unspecified atom stereocenters. The lowest BCUT2D eigenvalue weighted by molar-refractivity contribution is -0.116. The van der Waals surface area contributed by atoms with Crippen molar-refractivity contribution in [3.8, 4) is 0 Å². The molecule has 6 nitrogen and oxygen atoms in total. The molecule has 3 aromatic rings. The molecule has 1 N–H and O–H groups in total. The third kappa shape index (κ3) is 4.61. The van der Waals surface area contributed by atoms with Gasteiger partial charge in [0.15, 0.2) is 5.82 Å². The molecule has 0 saturated heterocycles. The van der Waals surface area contributed by atoms with Crippen LogP contribution in [0.1, 0.15) is 17.7 Å². The molecule has 2 heterocycles. The molecule has 0 aliphatic carbocycles. The fourth-order valence-electron chi connectivity index (χ4n) is 2.40. The molecule has 1 amide bonds. The number of nitrogens with one attached hydrogen (secondary N) is 1. The van der Waals surface area contributed by atoms with Crippen LogP contribution >= 0.6 is 34.2 Å². The molecule has 0 aliphatic rings. The third-order valence-corrected chi connectivity index (χ3v) is 5.26. The highest BCUT2D eigenvalue weighted by Crippen LogP contribution is 2.18. The Hall–Kier alpha value is -1.94. The van der Waals surface area contributed by atoms with Gasteiger partial charge >= 0.3 is 0 Å². The second-order valence-electron chi connectivity index (χ2n) is 5.73. The van der Waals surface area contributed by atoms with Gasteiger partial charge in [0, 0.05) is 29.4 Å². The summed E-state index contributed by atoms with van der Waals surface area (Å²) < 4.78 is 17.6. The highest BCUT2D eigenvalue weighted by Gasteiger charge is 2.09. The summed E-state index contributed by atoms with van der Waals surface area (Å²) in [6, 6.07) is 5.94. The van der Waals surface area contributed by atoms with Crippen LogP contribution in [-0.4, -0.2) is 25.5 Å². The molecule has 0 aliphatic heterocycles. The molecule has 3 rings (SSSR count).